The number of hydrogen-bond donors (Lipinski definition) is 1. The van der Waals surface area contributed by atoms with Gasteiger partial charge in [0, 0.05) is 6.42 Å². The van der Waals surface area contributed by atoms with Gasteiger partial charge in [-0.25, -0.2) is 14.4 Å². The Morgan fingerprint density at radius 1 is 0.935 bits per heavy atom. The van der Waals surface area contributed by atoms with Crippen molar-refractivity contribution in [3.8, 4) is 0 Å². The Morgan fingerprint density at radius 3 is 1.84 bits per heavy atom. The van der Waals surface area contributed by atoms with Crippen molar-refractivity contribution in [1.29, 1.82) is 0 Å². The van der Waals surface area contributed by atoms with Gasteiger partial charge >= 0.3 is 24.1 Å². The Hall–Kier alpha value is -2.84. The van der Waals surface area contributed by atoms with Crippen LogP contribution < -0.4 is 0 Å². The highest BCUT2D eigenvalue weighted by molar-refractivity contribution is 5.94. The molecule has 0 saturated carbocycles. The highest BCUT2D eigenvalue weighted by atomic mass is 16.6. The van der Waals surface area contributed by atoms with Gasteiger partial charge in [0.2, 0.25) is 0 Å². The Labute approximate surface area is 184 Å². The Balaban J connectivity index is 5.73. The second-order valence-electron chi connectivity index (χ2n) is 8.75. The fourth-order valence-electron chi connectivity index (χ4n) is 2.24. The van der Waals surface area contributed by atoms with Gasteiger partial charge in [-0.15, -0.1) is 0 Å². The molecule has 1 atom stereocenters. The summed E-state index contributed by atoms with van der Waals surface area (Å²) in [6.07, 6.45) is 3.27. The normalized spacial score (nSPS) is 12.7. The topological polar surface area (TPSA) is 119 Å². The molecule has 31 heavy (non-hydrogen) atoms. The molecule has 0 aliphatic heterocycles. The van der Waals surface area contributed by atoms with Crippen LogP contribution in [0.5, 0.6) is 0 Å². The minimum Gasteiger partial charge on any atom is -0.481 e. The maximum absolute atomic E-state index is 12.8. The lowest BCUT2D eigenvalue weighted by atomic mass is 10.1. The Kier molecular flexibility index (Phi) is 11.6. The quantitative estimate of drug-likeness (QED) is 0.300. The van der Waals surface area contributed by atoms with E-state index >= 15 is 0 Å². The van der Waals surface area contributed by atoms with Gasteiger partial charge in [0.05, 0.1) is 0 Å². The molecule has 0 unspecified atom stereocenters. The number of carbonyl (C=O) groups is 4. The van der Waals surface area contributed by atoms with E-state index < -0.39 is 41.4 Å². The van der Waals surface area contributed by atoms with E-state index in [0.29, 0.717) is 11.3 Å². The lowest BCUT2D eigenvalue weighted by molar-refractivity contribution is -0.148. The number of ether oxygens (including phenoxy) is 3. The van der Waals surface area contributed by atoms with Gasteiger partial charge in [0.15, 0.2) is 0 Å². The highest BCUT2D eigenvalue weighted by Gasteiger charge is 2.40. The number of carboxylic acid groups (broad SMARTS) is 1. The number of carboxylic acids is 1. The van der Waals surface area contributed by atoms with E-state index in [1.807, 2.05) is 0 Å². The molecule has 176 valence electrons. The molecule has 1 N–H and O–H groups in total. The molecule has 0 heterocycles. The minimum atomic E-state index is -1.30. The number of aliphatic carboxylic acids is 1. The molecule has 0 aromatic carbocycles. The first-order valence-corrected chi connectivity index (χ1v) is 10.1. The van der Waals surface area contributed by atoms with Crippen LogP contribution in [-0.4, -0.2) is 58.0 Å². The van der Waals surface area contributed by atoms with E-state index in [-0.39, 0.29) is 25.9 Å². The van der Waals surface area contributed by atoms with Gasteiger partial charge < -0.3 is 19.3 Å². The van der Waals surface area contributed by atoms with Crippen LogP contribution in [0.4, 0.5) is 9.59 Å². The van der Waals surface area contributed by atoms with Crippen LogP contribution in [0.1, 0.15) is 67.2 Å². The highest BCUT2D eigenvalue weighted by Crippen LogP contribution is 2.20. The number of imide groups is 1. The zero-order valence-electron chi connectivity index (χ0n) is 19.3. The van der Waals surface area contributed by atoms with Crippen LogP contribution in [-0.2, 0) is 23.8 Å². The van der Waals surface area contributed by atoms with Crippen LogP contribution >= 0.6 is 0 Å². The van der Waals surface area contributed by atoms with Gasteiger partial charge in [-0.1, -0.05) is 24.8 Å². The molecule has 0 bridgehead atoms. The molecule has 2 amide bonds. The molecule has 0 aliphatic rings. The predicted molar refractivity (Wildman–Crippen MR) is 114 cm³/mol. The summed E-state index contributed by atoms with van der Waals surface area (Å²) in [5.74, 6) is -1.73. The fraction of sp³-hybridized carbons (Fsp3) is 0.636. The lowest BCUT2D eigenvalue weighted by Crippen LogP contribution is -2.52. The van der Waals surface area contributed by atoms with Crippen molar-refractivity contribution in [2.45, 2.75) is 84.5 Å². The average Bonchev–Trinajstić information content (AvgIpc) is 2.57. The first kappa shape index (κ1) is 28.2. The van der Waals surface area contributed by atoms with E-state index in [4.69, 9.17) is 19.3 Å². The fourth-order valence-corrected chi connectivity index (χ4v) is 2.24. The second-order valence-corrected chi connectivity index (χ2v) is 8.75. The largest absolute Gasteiger partial charge is 0.481 e. The van der Waals surface area contributed by atoms with Gasteiger partial charge in [-0.3, -0.25) is 4.79 Å². The van der Waals surface area contributed by atoms with E-state index in [9.17, 15) is 19.2 Å². The van der Waals surface area contributed by atoms with E-state index in [0.717, 1.165) is 0 Å². The molecule has 0 aromatic rings. The third kappa shape index (κ3) is 13.1. The number of rotatable bonds is 10. The van der Waals surface area contributed by atoms with Crippen LogP contribution in [0.3, 0.4) is 0 Å². The maximum Gasteiger partial charge on any atom is 0.420 e. The summed E-state index contributed by atoms with van der Waals surface area (Å²) in [7, 11) is 0. The maximum atomic E-state index is 12.8. The molecule has 0 radical (unpaired) electrons. The summed E-state index contributed by atoms with van der Waals surface area (Å²) in [5, 5.41) is 8.68. The average molecular weight is 442 g/mol. The zero-order valence-corrected chi connectivity index (χ0v) is 19.3. The van der Waals surface area contributed by atoms with Crippen molar-refractivity contribution in [3.63, 3.8) is 0 Å². The van der Waals surface area contributed by atoms with Gasteiger partial charge in [-0.05, 0) is 60.8 Å². The van der Waals surface area contributed by atoms with Crippen LogP contribution in [0.25, 0.3) is 0 Å². The third-order valence-electron chi connectivity index (χ3n) is 3.41. The molecular formula is C22H35NO8. The molecule has 0 fully saturated rings. The molecule has 9 nitrogen and oxygen atoms in total. The van der Waals surface area contributed by atoms with Crippen LogP contribution in [0.2, 0.25) is 0 Å². The number of nitrogens with zero attached hydrogens (tertiary/aromatic N) is 1. The van der Waals surface area contributed by atoms with Crippen molar-refractivity contribution in [1.82, 2.24) is 4.90 Å². The Bertz CT molecular complexity index is 642. The first-order valence-electron chi connectivity index (χ1n) is 10.1. The predicted octanol–water partition coefficient (Wildman–Crippen LogP) is 4.46. The monoisotopic (exact) mass is 441 g/mol. The number of amides is 2. The van der Waals surface area contributed by atoms with Crippen LogP contribution in [0.15, 0.2) is 24.8 Å². The van der Waals surface area contributed by atoms with Crippen molar-refractivity contribution >= 4 is 24.1 Å². The number of hydrogen-bond acceptors (Lipinski definition) is 7. The first-order chi connectivity index (χ1) is 14.2. The van der Waals surface area contributed by atoms with E-state index in [1.165, 1.54) is 6.08 Å². The summed E-state index contributed by atoms with van der Waals surface area (Å²) >= 11 is 0. The Morgan fingerprint density at radius 2 is 1.42 bits per heavy atom. The molecule has 9 heteroatoms. The summed E-state index contributed by atoms with van der Waals surface area (Å²) < 4.78 is 15.7. The van der Waals surface area contributed by atoms with Crippen LogP contribution in [0, 0.1) is 0 Å². The minimum absolute atomic E-state index is 0.0246. The summed E-state index contributed by atoms with van der Waals surface area (Å²) in [6.45, 7) is 13.2. The van der Waals surface area contributed by atoms with E-state index in [1.54, 1.807) is 53.7 Å². The molecule has 0 aliphatic carbocycles. The smallest absolute Gasteiger partial charge is 0.420 e. The third-order valence-corrected chi connectivity index (χ3v) is 3.41. The molecular weight excluding hydrogens is 406 g/mol. The van der Waals surface area contributed by atoms with E-state index in [2.05, 4.69) is 6.58 Å². The molecule has 0 spiro atoms. The lowest BCUT2D eigenvalue weighted by Gasteiger charge is -2.32. The zero-order chi connectivity index (χ0) is 24.2. The van der Waals surface area contributed by atoms with Gasteiger partial charge in [0.1, 0.15) is 23.9 Å². The van der Waals surface area contributed by atoms with Crippen molar-refractivity contribution in [2.75, 3.05) is 6.61 Å². The molecule has 0 saturated heterocycles. The van der Waals surface area contributed by atoms with Crippen molar-refractivity contribution in [3.05, 3.63) is 24.8 Å². The van der Waals surface area contributed by atoms with Crippen molar-refractivity contribution < 1.29 is 38.5 Å². The number of allylic oxidation sites excluding steroid dienone is 2. The molecule has 0 aromatic heterocycles. The SMILES string of the molecule is C=CCOC(=O)[C@H](CC/C=C/CCC(=O)O)N(C(=O)OC(C)(C)C)C(=O)OC(C)(C)C. The van der Waals surface area contributed by atoms with Gasteiger partial charge in [-0.2, -0.15) is 4.90 Å². The number of carbonyl (C=O) groups excluding carboxylic acids is 3. The standard InChI is InChI=1S/C22H35NO8/c1-8-15-29-18(26)16(13-11-9-10-12-14-17(24)25)23(19(27)30-21(2,3)4)20(28)31-22(5,6)7/h8-10,16H,1,11-15H2,2-7H3,(H,24,25)/b10-9+/t16-/m0/s1. The van der Waals surface area contributed by atoms with Crippen molar-refractivity contribution in [2.24, 2.45) is 0 Å². The second kappa shape index (κ2) is 12.8. The van der Waals surface area contributed by atoms with Gasteiger partial charge in [0.25, 0.3) is 0 Å². The summed E-state index contributed by atoms with van der Waals surface area (Å²) in [6, 6.07) is -1.30. The summed E-state index contributed by atoms with van der Waals surface area (Å²) in [4.78, 5) is 49.5. The summed E-state index contributed by atoms with van der Waals surface area (Å²) in [5.41, 5.74) is -1.83. The number of esters is 1. The molecule has 0 rings (SSSR count).